The minimum atomic E-state index is -0.993. The Labute approximate surface area is 190 Å². The van der Waals surface area contributed by atoms with Gasteiger partial charge in [-0.2, -0.15) is 0 Å². The van der Waals surface area contributed by atoms with Crippen molar-refractivity contribution in [1.82, 2.24) is 15.8 Å². The molecule has 1 saturated heterocycles. The molecule has 0 unspecified atom stereocenters. The summed E-state index contributed by atoms with van der Waals surface area (Å²) in [6, 6.07) is 2.21. The molecule has 1 aromatic carbocycles. The Balaban J connectivity index is 1.68. The number of primary amides is 1. The Morgan fingerprint density at radius 2 is 2.09 bits per heavy atom. The van der Waals surface area contributed by atoms with Crippen LogP contribution in [0.4, 0.5) is 4.39 Å². The fourth-order valence-corrected chi connectivity index (χ4v) is 4.19. The highest BCUT2D eigenvalue weighted by Gasteiger charge is 2.35. The summed E-state index contributed by atoms with van der Waals surface area (Å²) in [5, 5.41) is 4.02. The first kappa shape index (κ1) is 23.9. The number of rotatable bonds is 7. The van der Waals surface area contributed by atoms with E-state index in [1.807, 2.05) is 0 Å². The van der Waals surface area contributed by atoms with E-state index in [1.54, 1.807) is 0 Å². The van der Waals surface area contributed by atoms with Crippen molar-refractivity contribution in [2.75, 3.05) is 6.54 Å². The third-order valence-corrected chi connectivity index (χ3v) is 6.00. The number of nitrogens with zero attached hydrogens (tertiary/aromatic N) is 1. The topological polar surface area (TPSA) is 122 Å². The molecule has 3 rings (SSSR count). The summed E-state index contributed by atoms with van der Waals surface area (Å²) in [4.78, 5) is 49.4. The maximum atomic E-state index is 14.0. The van der Waals surface area contributed by atoms with Gasteiger partial charge < -0.3 is 11.1 Å². The molecule has 3 atom stereocenters. The number of nitrogens with one attached hydrogen (secondary N) is 2. The van der Waals surface area contributed by atoms with Crippen LogP contribution in [0.5, 0.6) is 0 Å². The van der Waals surface area contributed by atoms with Gasteiger partial charge in [0, 0.05) is 35.5 Å². The summed E-state index contributed by atoms with van der Waals surface area (Å²) < 4.78 is 14.0. The number of Topliss-reactive ketones (excluding diaryl/α,β-unsaturated/α-hetero) is 1. The van der Waals surface area contributed by atoms with Crippen LogP contribution in [0.1, 0.15) is 44.1 Å². The van der Waals surface area contributed by atoms with Gasteiger partial charge in [0.25, 0.3) is 5.91 Å². The summed E-state index contributed by atoms with van der Waals surface area (Å²) >= 11 is 5.74. The molecule has 10 heteroatoms. The Bertz CT molecular complexity index is 939. The molecule has 0 spiro atoms. The molecule has 8 nitrogen and oxygen atoms in total. The third-order valence-electron chi connectivity index (χ3n) is 5.77. The summed E-state index contributed by atoms with van der Waals surface area (Å²) in [6.07, 6.45) is 5.54. The smallest absolute Gasteiger partial charge is 0.261 e. The van der Waals surface area contributed by atoms with E-state index in [9.17, 15) is 23.6 Å². The second kappa shape index (κ2) is 10.7. The number of amides is 3. The lowest BCUT2D eigenvalue weighted by atomic mass is 9.96. The number of carbonyl (C=O) groups excluding carboxylic acids is 4. The molecule has 0 bridgehead atoms. The first-order chi connectivity index (χ1) is 15.3. The summed E-state index contributed by atoms with van der Waals surface area (Å²) in [5.74, 6) is -2.61. The lowest BCUT2D eigenvalue weighted by Gasteiger charge is -2.35. The van der Waals surface area contributed by atoms with E-state index in [-0.39, 0.29) is 28.7 Å². The second-order valence-electron chi connectivity index (χ2n) is 8.03. The number of hydrogen-bond acceptors (Lipinski definition) is 5. The number of carbonyl (C=O) groups is 4. The Hall–Kier alpha value is -2.78. The number of halogens is 2. The normalized spacial score (nSPS) is 22.2. The zero-order valence-electron chi connectivity index (χ0n) is 17.5. The van der Waals surface area contributed by atoms with E-state index >= 15 is 0 Å². The minimum Gasteiger partial charge on any atom is -0.368 e. The molecule has 1 aliphatic carbocycles. The van der Waals surface area contributed by atoms with Crippen LogP contribution in [-0.4, -0.2) is 47.1 Å². The predicted octanol–water partition coefficient (Wildman–Crippen LogP) is 1.72. The molecule has 2 aliphatic rings. The highest BCUT2D eigenvalue weighted by Crippen LogP contribution is 2.25. The zero-order chi connectivity index (χ0) is 23.3. The van der Waals surface area contributed by atoms with Gasteiger partial charge in [-0.15, -0.1) is 0 Å². The van der Waals surface area contributed by atoms with Gasteiger partial charge in [0.1, 0.15) is 23.7 Å². The standard InChI is InChI=1S/C22H26ClFN4O4/c23-15-8-6-13(16(24)12-15)7-9-20(30)28-18(4-2-10-26-28)22(32)27-17(21(25)31)11-14-3-1-5-19(14)29/h6-9,12,14,17-18,26H,1-5,10-11H2,(H2,25,31)(H,27,32)/b9-7+/t14-,17-,18-/m0/s1. The molecule has 1 aliphatic heterocycles. The van der Waals surface area contributed by atoms with Gasteiger partial charge in [-0.1, -0.05) is 17.7 Å². The van der Waals surface area contributed by atoms with Crippen molar-refractivity contribution in [3.05, 3.63) is 40.7 Å². The molecule has 1 heterocycles. The molecule has 1 saturated carbocycles. The quantitative estimate of drug-likeness (QED) is 0.530. The van der Waals surface area contributed by atoms with Crippen LogP contribution >= 0.6 is 11.6 Å². The zero-order valence-corrected chi connectivity index (χ0v) is 18.2. The van der Waals surface area contributed by atoms with Crippen LogP contribution in [-0.2, 0) is 19.2 Å². The fraction of sp³-hybridized carbons (Fsp3) is 0.455. The van der Waals surface area contributed by atoms with Crippen molar-refractivity contribution in [2.24, 2.45) is 11.7 Å². The van der Waals surface area contributed by atoms with Gasteiger partial charge in [-0.3, -0.25) is 24.2 Å². The maximum absolute atomic E-state index is 14.0. The Morgan fingerprint density at radius 1 is 1.31 bits per heavy atom. The van der Waals surface area contributed by atoms with Gasteiger partial charge in [0.15, 0.2) is 0 Å². The number of ketones is 1. The first-order valence-electron chi connectivity index (χ1n) is 10.6. The average molecular weight is 465 g/mol. The monoisotopic (exact) mass is 464 g/mol. The molecule has 4 N–H and O–H groups in total. The lowest BCUT2D eigenvalue weighted by molar-refractivity contribution is -0.143. The number of hydrogen-bond donors (Lipinski definition) is 3. The highest BCUT2D eigenvalue weighted by molar-refractivity contribution is 6.30. The minimum absolute atomic E-state index is 0.0706. The molecule has 1 aromatic rings. The van der Waals surface area contributed by atoms with Crippen LogP contribution < -0.4 is 16.5 Å². The molecule has 0 aromatic heterocycles. The lowest BCUT2D eigenvalue weighted by Crippen LogP contribution is -2.60. The maximum Gasteiger partial charge on any atom is 0.261 e. The van der Waals surface area contributed by atoms with Crippen LogP contribution in [0, 0.1) is 11.7 Å². The first-order valence-corrected chi connectivity index (χ1v) is 11.0. The molecular formula is C22H26ClFN4O4. The number of benzene rings is 1. The van der Waals surface area contributed by atoms with Crippen LogP contribution in [0.25, 0.3) is 6.08 Å². The van der Waals surface area contributed by atoms with Crippen molar-refractivity contribution in [2.45, 2.75) is 50.6 Å². The van der Waals surface area contributed by atoms with Crippen LogP contribution in [0.3, 0.4) is 0 Å². The van der Waals surface area contributed by atoms with E-state index < -0.39 is 35.6 Å². The van der Waals surface area contributed by atoms with Gasteiger partial charge in [-0.05, 0) is 50.3 Å². The van der Waals surface area contributed by atoms with E-state index in [1.165, 1.54) is 23.2 Å². The fourth-order valence-electron chi connectivity index (χ4n) is 4.03. The summed E-state index contributed by atoms with van der Waals surface area (Å²) in [6.45, 7) is 0.481. The SMILES string of the molecule is NC(=O)[C@H](C[C@@H]1CCCC1=O)NC(=O)[C@@H]1CCCNN1C(=O)/C=C/c1ccc(Cl)cc1F. The predicted molar refractivity (Wildman–Crippen MR) is 116 cm³/mol. The van der Waals surface area contributed by atoms with Crippen molar-refractivity contribution in [3.8, 4) is 0 Å². The molecule has 2 fully saturated rings. The molecular weight excluding hydrogens is 439 g/mol. The molecule has 0 radical (unpaired) electrons. The Kier molecular flexibility index (Phi) is 7.98. The van der Waals surface area contributed by atoms with Crippen LogP contribution in [0.2, 0.25) is 5.02 Å². The van der Waals surface area contributed by atoms with E-state index in [2.05, 4.69) is 10.7 Å². The van der Waals surface area contributed by atoms with Gasteiger partial charge >= 0.3 is 0 Å². The Morgan fingerprint density at radius 3 is 2.75 bits per heavy atom. The van der Waals surface area contributed by atoms with E-state index in [0.717, 1.165) is 18.6 Å². The van der Waals surface area contributed by atoms with E-state index in [0.29, 0.717) is 32.2 Å². The van der Waals surface area contributed by atoms with Gasteiger partial charge in [-0.25, -0.2) is 9.82 Å². The average Bonchev–Trinajstić information content (AvgIpc) is 3.16. The van der Waals surface area contributed by atoms with Crippen molar-refractivity contribution in [1.29, 1.82) is 0 Å². The number of nitrogens with two attached hydrogens (primary N) is 1. The number of hydrazine groups is 1. The summed E-state index contributed by atoms with van der Waals surface area (Å²) in [7, 11) is 0. The third kappa shape index (κ3) is 5.92. The van der Waals surface area contributed by atoms with Gasteiger partial charge in [0.2, 0.25) is 11.8 Å². The molecule has 3 amide bonds. The second-order valence-corrected chi connectivity index (χ2v) is 8.46. The molecule has 172 valence electrons. The van der Waals surface area contributed by atoms with E-state index in [4.69, 9.17) is 17.3 Å². The summed E-state index contributed by atoms with van der Waals surface area (Å²) in [5.41, 5.74) is 8.51. The van der Waals surface area contributed by atoms with Crippen molar-refractivity contribution in [3.63, 3.8) is 0 Å². The van der Waals surface area contributed by atoms with Crippen molar-refractivity contribution >= 4 is 41.2 Å². The van der Waals surface area contributed by atoms with Gasteiger partial charge in [0.05, 0.1) is 0 Å². The van der Waals surface area contributed by atoms with Crippen LogP contribution in [0.15, 0.2) is 24.3 Å². The van der Waals surface area contributed by atoms with Crippen molar-refractivity contribution < 1.29 is 23.6 Å². The highest BCUT2D eigenvalue weighted by atomic mass is 35.5. The molecule has 32 heavy (non-hydrogen) atoms. The largest absolute Gasteiger partial charge is 0.368 e.